The Morgan fingerprint density at radius 1 is 0.850 bits per heavy atom. The second kappa shape index (κ2) is 10.1. The minimum Gasteiger partial charge on any atom is -0.324 e. The highest BCUT2D eigenvalue weighted by atomic mass is 31.2. The van der Waals surface area contributed by atoms with E-state index in [4.69, 9.17) is 9.79 Å². The predicted octanol–water partition coefficient (Wildman–Crippen LogP) is 4.97. The lowest BCUT2D eigenvalue weighted by Crippen LogP contribution is -1.86. The molecule has 0 saturated carbocycles. The van der Waals surface area contributed by atoms with Crippen LogP contribution in [0.3, 0.4) is 0 Å². The molecule has 4 heteroatoms. The highest BCUT2D eigenvalue weighted by Crippen LogP contribution is 2.35. The average molecular weight is 300 g/mol. The summed E-state index contributed by atoms with van der Waals surface area (Å²) in [5.74, 6) is 0. The van der Waals surface area contributed by atoms with Crippen LogP contribution in [-0.2, 0) is 4.57 Å². The van der Waals surface area contributed by atoms with Gasteiger partial charge >= 0.3 is 7.60 Å². The molecule has 0 aromatic rings. The van der Waals surface area contributed by atoms with Gasteiger partial charge in [-0.15, -0.1) is 0 Å². The molecule has 0 fully saturated rings. The average Bonchev–Trinajstić information content (AvgIpc) is 2.26. The van der Waals surface area contributed by atoms with Crippen molar-refractivity contribution in [2.75, 3.05) is 6.16 Å². The Labute approximate surface area is 123 Å². The van der Waals surface area contributed by atoms with Gasteiger partial charge in [-0.1, -0.05) is 34.9 Å². The van der Waals surface area contributed by atoms with Crippen molar-refractivity contribution in [2.45, 2.75) is 59.8 Å². The van der Waals surface area contributed by atoms with Crippen LogP contribution in [0.2, 0.25) is 0 Å². The first-order chi connectivity index (χ1) is 9.20. The van der Waals surface area contributed by atoms with E-state index in [0.717, 1.165) is 25.7 Å². The Kier molecular flexibility index (Phi) is 9.83. The summed E-state index contributed by atoms with van der Waals surface area (Å²) in [6.07, 6.45) is 11.0. The van der Waals surface area contributed by atoms with Gasteiger partial charge in [0.1, 0.15) is 0 Å². The molecule has 116 valence electrons. The minimum atomic E-state index is -3.85. The molecular formula is C16H29O3P. The van der Waals surface area contributed by atoms with Gasteiger partial charge in [0.05, 0.1) is 6.16 Å². The van der Waals surface area contributed by atoms with Gasteiger partial charge in [0.25, 0.3) is 0 Å². The Hall–Kier alpha value is -0.630. The third-order valence-electron chi connectivity index (χ3n) is 3.04. The van der Waals surface area contributed by atoms with E-state index in [0.29, 0.717) is 6.42 Å². The molecule has 2 N–H and O–H groups in total. The summed E-state index contributed by atoms with van der Waals surface area (Å²) >= 11 is 0. The molecule has 0 atom stereocenters. The lowest BCUT2D eigenvalue weighted by molar-refractivity contribution is 0.373. The van der Waals surface area contributed by atoms with Crippen molar-refractivity contribution in [3.63, 3.8) is 0 Å². The quantitative estimate of drug-likeness (QED) is 0.466. The Balaban J connectivity index is 3.94. The second-order valence-electron chi connectivity index (χ2n) is 5.64. The zero-order valence-electron chi connectivity index (χ0n) is 13.2. The molecule has 20 heavy (non-hydrogen) atoms. The van der Waals surface area contributed by atoms with E-state index in [2.05, 4.69) is 32.9 Å². The maximum Gasteiger partial charge on any atom is 0.325 e. The number of rotatable bonds is 9. The number of hydrogen-bond donors (Lipinski definition) is 2. The number of allylic oxidation sites excluding steroid dienone is 6. The van der Waals surface area contributed by atoms with E-state index < -0.39 is 7.60 Å². The van der Waals surface area contributed by atoms with Crippen molar-refractivity contribution in [1.82, 2.24) is 0 Å². The van der Waals surface area contributed by atoms with Gasteiger partial charge in [0.15, 0.2) is 0 Å². The van der Waals surface area contributed by atoms with Crippen LogP contribution in [0.1, 0.15) is 59.8 Å². The van der Waals surface area contributed by atoms with Crippen LogP contribution in [0.25, 0.3) is 0 Å². The van der Waals surface area contributed by atoms with Crippen LogP contribution in [-0.4, -0.2) is 15.9 Å². The monoisotopic (exact) mass is 300 g/mol. The Bertz CT molecular complexity index is 409. The fourth-order valence-electron chi connectivity index (χ4n) is 1.82. The van der Waals surface area contributed by atoms with Crippen LogP contribution < -0.4 is 0 Å². The summed E-state index contributed by atoms with van der Waals surface area (Å²) in [5, 5.41) is 0. The summed E-state index contributed by atoms with van der Waals surface area (Å²) in [6, 6.07) is 0. The van der Waals surface area contributed by atoms with E-state index in [-0.39, 0.29) is 6.16 Å². The highest BCUT2D eigenvalue weighted by molar-refractivity contribution is 7.51. The largest absolute Gasteiger partial charge is 0.325 e. The minimum absolute atomic E-state index is 0.0537. The molecule has 0 spiro atoms. The third kappa shape index (κ3) is 13.8. The molecule has 0 amide bonds. The van der Waals surface area contributed by atoms with Crippen LogP contribution in [0.5, 0.6) is 0 Å². The molecule has 0 bridgehead atoms. The zero-order chi connectivity index (χ0) is 15.6. The van der Waals surface area contributed by atoms with Crippen molar-refractivity contribution in [2.24, 2.45) is 0 Å². The summed E-state index contributed by atoms with van der Waals surface area (Å²) in [6.45, 7) is 8.41. The molecule has 0 aliphatic rings. The maximum absolute atomic E-state index is 10.7. The van der Waals surface area contributed by atoms with Gasteiger partial charge in [0, 0.05) is 0 Å². The van der Waals surface area contributed by atoms with Gasteiger partial charge < -0.3 is 9.79 Å². The number of hydrogen-bond acceptors (Lipinski definition) is 1. The molecule has 3 nitrogen and oxygen atoms in total. The first-order valence-electron chi connectivity index (χ1n) is 7.20. The maximum atomic E-state index is 10.7. The van der Waals surface area contributed by atoms with Crippen molar-refractivity contribution in [3.8, 4) is 0 Å². The predicted molar refractivity (Wildman–Crippen MR) is 86.9 cm³/mol. The lowest BCUT2D eigenvalue weighted by Gasteiger charge is -2.03. The van der Waals surface area contributed by atoms with Gasteiger partial charge in [0.2, 0.25) is 0 Å². The summed E-state index contributed by atoms with van der Waals surface area (Å²) in [5.41, 5.74) is 3.97. The van der Waals surface area contributed by atoms with Crippen molar-refractivity contribution >= 4 is 7.60 Å². The van der Waals surface area contributed by atoms with Crippen LogP contribution in [0, 0.1) is 0 Å². The van der Waals surface area contributed by atoms with Crippen LogP contribution >= 0.6 is 7.60 Å². The van der Waals surface area contributed by atoms with E-state index >= 15 is 0 Å². The fraction of sp³-hybridized carbons (Fsp3) is 0.625. The molecule has 0 saturated heterocycles. The Morgan fingerprint density at radius 2 is 1.30 bits per heavy atom. The van der Waals surface area contributed by atoms with Crippen LogP contribution in [0.4, 0.5) is 0 Å². The van der Waals surface area contributed by atoms with Crippen molar-refractivity contribution in [1.29, 1.82) is 0 Å². The standard InChI is InChI=1S/C16H29O3P/c1-14(2)8-5-9-15(3)10-6-11-16(4)12-7-13-20(17,18)19/h8,10,12H,5-7,9,11,13H2,1-4H3,(H2,17,18,19)/b15-10+,16-12+. The van der Waals surface area contributed by atoms with E-state index in [1.807, 2.05) is 13.0 Å². The fourth-order valence-corrected chi connectivity index (χ4v) is 2.28. The molecule has 0 unspecified atom stereocenters. The summed E-state index contributed by atoms with van der Waals surface area (Å²) in [7, 11) is -3.85. The molecule has 0 aromatic carbocycles. The van der Waals surface area contributed by atoms with Crippen LogP contribution in [0.15, 0.2) is 34.9 Å². The molecular weight excluding hydrogens is 271 g/mol. The van der Waals surface area contributed by atoms with Crippen molar-refractivity contribution < 1.29 is 14.4 Å². The first-order valence-corrected chi connectivity index (χ1v) is 8.99. The SMILES string of the molecule is CC(C)=CCC/C(C)=C/CC/C(C)=C/CCP(=O)(O)O. The van der Waals surface area contributed by atoms with E-state index in [1.165, 1.54) is 16.7 Å². The smallest absolute Gasteiger partial charge is 0.324 e. The topological polar surface area (TPSA) is 57.5 Å². The van der Waals surface area contributed by atoms with Gasteiger partial charge in [-0.05, 0) is 59.8 Å². The van der Waals surface area contributed by atoms with E-state index in [1.54, 1.807) is 0 Å². The normalized spacial score (nSPS) is 13.5. The Morgan fingerprint density at radius 3 is 1.75 bits per heavy atom. The van der Waals surface area contributed by atoms with Gasteiger partial charge in [-0.25, -0.2) is 0 Å². The lowest BCUT2D eigenvalue weighted by atomic mass is 10.1. The molecule has 0 radical (unpaired) electrons. The molecule has 0 aliphatic carbocycles. The molecule has 0 heterocycles. The first kappa shape index (κ1) is 19.4. The second-order valence-corrected chi connectivity index (χ2v) is 7.41. The zero-order valence-corrected chi connectivity index (χ0v) is 14.1. The highest BCUT2D eigenvalue weighted by Gasteiger charge is 2.10. The van der Waals surface area contributed by atoms with Crippen molar-refractivity contribution in [3.05, 3.63) is 34.9 Å². The molecule has 0 aliphatic heterocycles. The molecule has 0 rings (SSSR count). The van der Waals surface area contributed by atoms with E-state index in [9.17, 15) is 4.57 Å². The third-order valence-corrected chi connectivity index (χ3v) is 3.88. The van der Waals surface area contributed by atoms with Gasteiger partial charge in [-0.3, -0.25) is 4.57 Å². The summed E-state index contributed by atoms with van der Waals surface area (Å²) < 4.78 is 10.7. The summed E-state index contributed by atoms with van der Waals surface area (Å²) in [4.78, 5) is 17.5. The van der Waals surface area contributed by atoms with Gasteiger partial charge in [-0.2, -0.15) is 0 Å². The molecule has 0 aromatic heterocycles.